The Hall–Kier alpha value is -3.86. The topological polar surface area (TPSA) is 74.6 Å². The van der Waals surface area contributed by atoms with Gasteiger partial charge in [0.05, 0.1) is 11.2 Å². The molecule has 0 radical (unpaired) electrons. The SMILES string of the molecule is O=C(c1ccccc1)c1ccccc1C1(O)CCCCC1.O=C(c1ccccc1)c1ccccc1C1(O)CCCCC1. The first-order chi connectivity index (χ1) is 20.4. The number of carbonyl (C=O) groups excluding carboxylic acids is 2. The number of rotatable bonds is 6. The molecule has 0 aromatic heterocycles. The predicted octanol–water partition coefficient (Wildman–Crippen LogP) is 8.14. The molecule has 2 saturated carbocycles. The number of benzene rings is 4. The Bertz CT molecular complexity index is 1370. The van der Waals surface area contributed by atoms with E-state index in [1.54, 1.807) is 0 Å². The van der Waals surface area contributed by atoms with Crippen molar-refractivity contribution in [3.63, 3.8) is 0 Å². The Morgan fingerprint density at radius 2 is 0.738 bits per heavy atom. The van der Waals surface area contributed by atoms with Crippen LogP contribution in [0.15, 0.2) is 109 Å². The van der Waals surface area contributed by atoms with Crippen LogP contribution in [0.4, 0.5) is 0 Å². The van der Waals surface area contributed by atoms with E-state index in [-0.39, 0.29) is 11.6 Å². The molecular formula is C38H40O4. The minimum Gasteiger partial charge on any atom is -0.385 e. The van der Waals surface area contributed by atoms with Crippen molar-refractivity contribution in [2.45, 2.75) is 75.4 Å². The molecule has 4 aromatic rings. The van der Waals surface area contributed by atoms with Crippen LogP contribution < -0.4 is 0 Å². The average molecular weight is 561 g/mol. The minimum absolute atomic E-state index is 0.00908. The standard InChI is InChI=1S/2C19H20O2/c2*20-18(15-9-3-1-4-10-15)16-11-5-6-12-17(16)19(21)13-7-2-8-14-19/h2*1,3-6,9-12,21H,2,7-8,13-14H2. The predicted molar refractivity (Wildman–Crippen MR) is 167 cm³/mol. The maximum Gasteiger partial charge on any atom is 0.193 e. The van der Waals surface area contributed by atoms with Crippen LogP contribution in [-0.4, -0.2) is 21.8 Å². The highest BCUT2D eigenvalue weighted by atomic mass is 16.3. The summed E-state index contributed by atoms with van der Waals surface area (Å²) in [5, 5.41) is 21.9. The van der Waals surface area contributed by atoms with E-state index >= 15 is 0 Å². The summed E-state index contributed by atoms with van der Waals surface area (Å²) in [7, 11) is 0. The second-order valence-corrected chi connectivity index (χ2v) is 11.7. The first kappa shape index (κ1) is 29.6. The van der Waals surface area contributed by atoms with Gasteiger partial charge in [0.15, 0.2) is 11.6 Å². The van der Waals surface area contributed by atoms with E-state index in [2.05, 4.69) is 0 Å². The molecule has 6 rings (SSSR count). The fourth-order valence-electron chi connectivity index (χ4n) is 6.48. The van der Waals surface area contributed by atoms with Crippen molar-refractivity contribution < 1.29 is 19.8 Å². The Morgan fingerprint density at radius 1 is 0.429 bits per heavy atom. The summed E-state index contributed by atoms with van der Waals surface area (Å²) >= 11 is 0. The van der Waals surface area contributed by atoms with Crippen molar-refractivity contribution in [1.82, 2.24) is 0 Å². The van der Waals surface area contributed by atoms with Gasteiger partial charge in [0.1, 0.15) is 0 Å². The average Bonchev–Trinajstić information content (AvgIpc) is 3.06. The molecule has 4 nitrogen and oxygen atoms in total. The molecule has 0 atom stereocenters. The number of carbonyl (C=O) groups is 2. The van der Waals surface area contributed by atoms with Gasteiger partial charge in [0.2, 0.25) is 0 Å². The van der Waals surface area contributed by atoms with Crippen molar-refractivity contribution in [1.29, 1.82) is 0 Å². The van der Waals surface area contributed by atoms with Gasteiger partial charge in [0.25, 0.3) is 0 Å². The van der Waals surface area contributed by atoms with E-state index in [1.807, 2.05) is 109 Å². The van der Waals surface area contributed by atoms with Gasteiger partial charge in [-0.15, -0.1) is 0 Å². The molecule has 4 heteroatoms. The van der Waals surface area contributed by atoms with Crippen LogP contribution in [0.25, 0.3) is 0 Å². The zero-order chi connectivity index (χ0) is 29.4. The van der Waals surface area contributed by atoms with Crippen molar-refractivity contribution in [2.75, 3.05) is 0 Å². The van der Waals surface area contributed by atoms with Gasteiger partial charge >= 0.3 is 0 Å². The third-order valence-electron chi connectivity index (χ3n) is 8.78. The second kappa shape index (κ2) is 13.4. The van der Waals surface area contributed by atoms with Crippen molar-refractivity contribution >= 4 is 11.6 Å². The second-order valence-electron chi connectivity index (χ2n) is 11.7. The lowest BCUT2D eigenvalue weighted by atomic mass is 9.77. The molecule has 0 aliphatic heterocycles. The normalized spacial score (nSPS) is 17.4. The van der Waals surface area contributed by atoms with E-state index in [9.17, 15) is 19.8 Å². The van der Waals surface area contributed by atoms with Crippen LogP contribution in [-0.2, 0) is 11.2 Å². The molecule has 2 aliphatic rings. The largest absolute Gasteiger partial charge is 0.385 e. The van der Waals surface area contributed by atoms with Gasteiger partial charge in [-0.2, -0.15) is 0 Å². The number of hydrogen-bond donors (Lipinski definition) is 2. The molecule has 0 spiro atoms. The third-order valence-corrected chi connectivity index (χ3v) is 8.78. The molecule has 0 amide bonds. The van der Waals surface area contributed by atoms with Crippen LogP contribution in [0, 0.1) is 0 Å². The van der Waals surface area contributed by atoms with Gasteiger partial charge in [-0.3, -0.25) is 9.59 Å². The molecule has 2 aliphatic carbocycles. The molecule has 2 fully saturated rings. The first-order valence-corrected chi connectivity index (χ1v) is 15.2. The molecule has 216 valence electrons. The van der Waals surface area contributed by atoms with Gasteiger partial charge in [-0.1, -0.05) is 148 Å². The Labute approximate surface area is 249 Å². The van der Waals surface area contributed by atoms with E-state index in [1.165, 1.54) is 0 Å². The van der Waals surface area contributed by atoms with Gasteiger partial charge < -0.3 is 10.2 Å². The summed E-state index contributed by atoms with van der Waals surface area (Å²) in [6.07, 6.45) is 9.37. The zero-order valence-electron chi connectivity index (χ0n) is 24.2. The first-order valence-electron chi connectivity index (χ1n) is 15.2. The summed E-state index contributed by atoms with van der Waals surface area (Å²) in [6, 6.07) is 33.6. The molecule has 2 N–H and O–H groups in total. The van der Waals surface area contributed by atoms with Crippen molar-refractivity contribution in [2.24, 2.45) is 0 Å². The number of ketones is 2. The van der Waals surface area contributed by atoms with Gasteiger partial charge in [0, 0.05) is 22.3 Å². The third kappa shape index (κ3) is 6.61. The van der Waals surface area contributed by atoms with E-state index in [0.29, 0.717) is 22.3 Å². The molecule has 0 bridgehead atoms. The summed E-state index contributed by atoms with van der Waals surface area (Å²) < 4.78 is 0. The number of aliphatic hydroxyl groups is 2. The fourth-order valence-corrected chi connectivity index (χ4v) is 6.48. The lowest BCUT2D eigenvalue weighted by Crippen LogP contribution is -2.30. The Balaban J connectivity index is 0.000000168. The summed E-state index contributed by atoms with van der Waals surface area (Å²) in [5.41, 5.74) is 2.49. The van der Waals surface area contributed by atoms with Crippen LogP contribution in [0.5, 0.6) is 0 Å². The molecule has 42 heavy (non-hydrogen) atoms. The van der Waals surface area contributed by atoms with Crippen molar-refractivity contribution in [3.05, 3.63) is 143 Å². The summed E-state index contributed by atoms with van der Waals surface area (Å²) in [6.45, 7) is 0. The minimum atomic E-state index is -0.848. The Kier molecular flexibility index (Phi) is 9.46. The van der Waals surface area contributed by atoms with Gasteiger partial charge in [-0.25, -0.2) is 0 Å². The maximum absolute atomic E-state index is 12.7. The highest BCUT2D eigenvalue weighted by Crippen LogP contribution is 2.40. The maximum atomic E-state index is 12.7. The molecule has 4 aromatic carbocycles. The van der Waals surface area contributed by atoms with Crippen LogP contribution in [0.1, 0.15) is 107 Å². The molecule has 0 heterocycles. The molecule has 0 unspecified atom stereocenters. The fraction of sp³-hybridized carbons (Fsp3) is 0.316. The lowest BCUT2D eigenvalue weighted by molar-refractivity contribution is -0.00154. The van der Waals surface area contributed by atoms with Crippen LogP contribution >= 0.6 is 0 Å². The van der Waals surface area contributed by atoms with E-state index in [4.69, 9.17) is 0 Å². The monoisotopic (exact) mass is 560 g/mol. The summed E-state index contributed by atoms with van der Waals surface area (Å²) in [4.78, 5) is 25.5. The van der Waals surface area contributed by atoms with Crippen LogP contribution in [0.3, 0.4) is 0 Å². The summed E-state index contributed by atoms with van der Waals surface area (Å²) in [5.74, 6) is -0.0182. The van der Waals surface area contributed by atoms with E-state index < -0.39 is 11.2 Å². The molecule has 0 saturated heterocycles. The molecular weight excluding hydrogens is 520 g/mol. The van der Waals surface area contributed by atoms with Gasteiger partial charge in [-0.05, 0) is 36.8 Å². The highest BCUT2D eigenvalue weighted by molar-refractivity contribution is 6.10. The van der Waals surface area contributed by atoms with E-state index in [0.717, 1.165) is 75.3 Å². The zero-order valence-corrected chi connectivity index (χ0v) is 24.2. The Morgan fingerprint density at radius 3 is 1.10 bits per heavy atom. The van der Waals surface area contributed by atoms with Crippen molar-refractivity contribution in [3.8, 4) is 0 Å². The van der Waals surface area contributed by atoms with Crippen LogP contribution in [0.2, 0.25) is 0 Å². The number of hydrogen-bond acceptors (Lipinski definition) is 4. The lowest BCUT2D eigenvalue weighted by Gasteiger charge is -2.33. The highest BCUT2D eigenvalue weighted by Gasteiger charge is 2.35. The quantitative estimate of drug-likeness (QED) is 0.234. The smallest absolute Gasteiger partial charge is 0.193 e.